The Morgan fingerprint density at radius 3 is 2.56 bits per heavy atom. The normalized spacial score (nSPS) is 21.2. The zero-order valence-corrected chi connectivity index (χ0v) is 22.7. The number of nitrogens with one attached hydrogen (secondary N) is 2. The molecule has 3 atom stereocenters. The Morgan fingerprint density at radius 1 is 1.23 bits per heavy atom. The van der Waals surface area contributed by atoms with Gasteiger partial charge in [-0.05, 0) is 38.0 Å². The molecule has 12 heteroatoms. The van der Waals surface area contributed by atoms with Crippen molar-refractivity contribution in [1.82, 2.24) is 15.1 Å². The van der Waals surface area contributed by atoms with E-state index in [0.717, 1.165) is 25.7 Å². The molecule has 1 fully saturated rings. The Hall–Kier alpha value is -3.02. The van der Waals surface area contributed by atoms with E-state index in [1.54, 1.807) is 18.9 Å². The summed E-state index contributed by atoms with van der Waals surface area (Å²) in [7, 11) is 1.69. The van der Waals surface area contributed by atoms with E-state index in [4.69, 9.17) is 4.74 Å². The predicted molar refractivity (Wildman–Crippen MR) is 140 cm³/mol. The smallest absolute Gasteiger partial charge is 0.389 e. The molecule has 1 aliphatic heterocycles. The van der Waals surface area contributed by atoms with Crippen LogP contribution in [0.2, 0.25) is 0 Å². The molecule has 0 saturated heterocycles. The first-order valence-electron chi connectivity index (χ1n) is 13.5. The highest BCUT2D eigenvalue weighted by atomic mass is 19.4. The summed E-state index contributed by atoms with van der Waals surface area (Å²) in [6.45, 7) is 3.81. The van der Waals surface area contributed by atoms with Gasteiger partial charge in [0.2, 0.25) is 5.91 Å². The predicted octanol–water partition coefficient (Wildman–Crippen LogP) is 4.16. The number of nitrogens with zero attached hydrogens (tertiary/aromatic N) is 2. The van der Waals surface area contributed by atoms with Crippen LogP contribution in [0.25, 0.3) is 0 Å². The highest BCUT2D eigenvalue weighted by Crippen LogP contribution is 2.31. The summed E-state index contributed by atoms with van der Waals surface area (Å²) >= 11 is 0. The fourth-order valence-electron chi connectivity index (χ4n) is 4.88. The number of aliphatic hydroxyl groups excluding tert-OH is 1. The Morgan fingerprint density at radius 2 is 1.92 bits per heavy atom. The summed E-state index contributed by atoms with van der Waals surface area (Å²) in [5.74, 6) is -1.25. The van der Waals surface area contributed by atoms with E-state index >= 15 is 0 Å². The van der Waals surface area contributed by atoms with Crippen molar-refractivity contribution in [3.05, 3.63) is 23.8 Å². The first-order valence-corrected chi connectivity index (χ1v) is 13.5. The molecule has 1 heterocycles. The molecule has 1 aromatic carbocycles. The number of anilines is 1. The Bertz CT molecular complexity index is 1020. The van der Waals surface area contributed by atoms with Gasteiger partial charge in [-0.25, -0.2) is 4.79 Å². The van der Waals surface area contributed by atoms with Crippen molar-refractivity contribution in [2.75, 3.05) is 32.1 Å². The number of aliphatic hydroxyl groups is 1. The second-order valence-corrected chi connectivity index (χ2v) is 10.7. The van der Waals surface area contributed by atoms with Crippen LogP contribution >= 0.6 is 0 Å². The average molecular weight is 557 g/mol. The number of carbonyl (C=O) groups is 3. The Labute approximate surface area is 227 Å². The molecule has 0 aromatic heterocycles. The van der Waals surface area contributed by atoms with Crippen LogP contribution in [-0.2, 0) is 4.79 Å². The molecular formula is C27H39F3N4O5. The van der Waals surface area contributed by atoms with Crippen LogP contribution in [0.5, 0.6) is 5.75 Å². The number of ether oxygens (including phenoxy) is 1. The number of benzene rings is 1. The number of urea groups is 1. The Balaban J connectivity index is 1.80. The molecule has 4 amide bonds. The van der Waals surface area contributed by atoms with Crippen molar-refractivity contribution in [2.24, 2.45) is 5.92 Å². The van der Waals surface area contributed by atoms with Crippen molar-refractivity contribution in [3.63, 3.8) is 0 Å². The highest BCUT2D eigenvalue weighted by Gasteiger charge is 2.34. The van der Waals surface area contributed by atoms with Crippen molar-refractivity contribution in [3.8, 4) is 5.75 Å². The first kappa shape index (κ1) is 30.5. The molecule has 3 N–H and O–H groups in total. The zero-order valence-electron chi connectivity index (χ0n) is 22.7. The van der Waals surface area contributed by atoms with Gasteiger partial charge in [0.15, 0.2) is 0 Å². The number of hydrogen-bond donors (Lipinski definition) is 3. The van der Waals surface area contributed by atoms with Gasteiger partial charge < -0.3 is 30.3 Å². The molecule has 2 aliphatic rings. The lowest BCUT2D eigenvalue weighted by atomic mass is 9.96. The van der Waals surface area contributed by atoms with Crippen LogP contribution in [0.15, 0.2) is 18.2 Å². The van der Waals surface area contributed by atoms with Crippen LogP contribution in [0.4, 0.5) is 23.7 Å². The van der Waals surface area contributed by atoms with Gasteiger partial charge >= 0.3 is 12.2 Å². The van der Waals surface area contributed by atoms with Crippen molar-refractivity contribution in [2.45, 2.75) is 83.2 Å². The lowest BCUT2D eigenvalue weighted by Crippen LogP contribution is -2.52. The minimum atomic E-state index is -4.46. The average Bonchev–Trinajstić information content (AvgIpc) is 2.89. The van der Waals surface area contributed by atoms with Crippen molar-refractivity contribution >= 4 is 23.5 Å². The SMILES string of the molecule is C[C@H]1CN([C@@H](C)CO)C(=O)c2cc(NC(=O)CCC(F)(F)F)ccc2O[C@H]1CN(C)C(=O)NC1CCCCC1. The molecule has 1 aromatic rings. The minimum absolute atomic E-state index is 0.107. The summed E-state index contributed by atoms with van der Waals surface area (Å²) in [5.41, 5.74) is 0.263. The Kier molecular flexibility index (Phi) is 10.5. The number of likely N-dealkylation sites (N-methyl/N-ethyl adjacent to an activating group) is 1. The van der Waals surface area contributed by atoms with E-state index < -0.39 is 43.0 Å². The number of rotatable bonds is 8. The molecule has 0 bridgehead atoms. The van der Waals surface area contributed by atoms with Gasteiger partial charge in [0.05, 0.1) is 31.2 Å². The summed E-state index contributed by atoms with van der Waals surface area (Å²) in [5, 5.41) is 15.3. The largest absolute Gasteiger partial charge is 0.487 e. The van der Waals surface area contributed by atoms with E-state index in [2.05, 4.69) is 10.6 Å². The third kappa shape index (κ3) is 8.74. The molecule has 0 unspecified atom stereocenters. The molecule has 9 nitrogen and oxygen atoms in total. The molecule has 218 valence electrons. The number of carbonyl (C=O) groups excluding carboxylic acids is 3. The minimum Gasteiger partial charge on any atom is -0.487 e. The van der Waals surface area contributed by atoms with Gasteiger partial charge in [-0.15, -0.1) is 0 Å². The van der Waals surface area contributed by atoms with Gasteiger partial charge in [-0.1, -0.05) is 26.2 Å². The summed E-state index contributed by atoms with van der Waals surface area (Å²) < 4.78 is 43.7. The highest BCUT2D eigenvalue weighted by molar-refractivity contribution is 5.99. The third-order valence-electron chi connectivity index (χ3n) is 7.32. The molecule has 39 heavy (non-hydrogen) atoms. The van der Waals surface area contributed by atoms with Gasteiger partial charge in [-0.3, -0.25) is 9.59 Å². The van der Waals surface area contributed by atoms with Crippen LogP contribution in [-0.4, -0.2) is 83.9 Å². The maximum atomic E-state index is 13.5. The third-order valence-corrected chi connectivity index (χ3v) is 7.32. The van der Waals surface area contributed by atoms with E-state index in [9.17, 15) is 32.7 Å². The van der Waals surface area contributed by atoms with Crippen LogP contribution in [0.3, 0.4) is 0 Å². The number of alkyl halides is 3. The second kappa shape index (κ2) is 13.4. The molecule has 0 spiro atoms. The fourth-order valence-corrected chi connectivity index (χ4v) is 4.88. The van der Waals surface area contributed by atoms with Gasteiger partial charge in [0, 0.05) is 37.7 Å². The topological polar surface area (TPSA) is 111 Å². The van der Waals surface area contributed by atoms with Crippen molar-refractivity contribution in [1.29, 1.82) is 0 Å². The van der Waals surface area contributed by atoms with Crippen LogP contribution < -0.4 is 15.4 Å². The first-order chi connectivity index (χ1) is 18.4. The lowest BCUT2D eigenvalue weighted by molar-refractivity contribution is -0.142. The number of hydrogen-bond acceptors (Lipinski definition) is 5. The maximum absolute atomic E-state index is 13.5. The summed E-state index contributed by atoms with van der Waals surface area (Å²) in [6.07, 6.45) is -1.70. The van der Waals surface area contributed by atoms with Gasteiger partial charge in [0.1, 0.15) is 11.9 Å². The van der Waals surface area contributed by atoms with E-state index in [1.807, 2.05) is 6.92 Å². The van der Waals surface area contributed by atoms with Crippen LogP contribution in [0, 0.1) is 5.92 Å². The van der Waals surface area contributed by atoms with Gasteiger partial charge in [0.25, 0.3) is 5.91 Å². The summed E-state index contributed by atoms with van der Waals surface area (Å²) in [4.78, 5) is 41.5. The monoisotopic (exact) mass is 556 g/mol. The van der Waals surface area contributed by atoms with Gasteiger partial charge in [-0.2, -0.15) is 13.2 Å². The summed E-state index contributed by atoms with van der Waals surface area (Å²) in [6, 6.07) is 3.74. The molecular weight excluding hydrogens is 517 g/mol. The van der Waals surface area contributed by atoms with E-state index in [0.29, 0.717) is 0 Å². The number of fused-ring (bicyclic) bond motifs is 1. The zero-order chi connectivity index (χ0) is 28.7. The maximum Gasteiger partial charge on any atom is 0.389 e. The lowest BCUT2D eigenvalue weighted by Gasteiger charge is -2.38. The fraction of sp³-hybridized carbons (Fsp3) is 0.667. The second-order valence-electron chi connectivity index (χ2n) is 10.7. The molecule has 1 saturated carbocycles. The van der Waals surface area contributed by atoms with Crippen molar-refractivity contribution < 1.29 is 37.4 Å². The van der Waals surface area contributed by atoms with E-state index in [1.165, 1.54) is 29.5 Å². The molecule has 1 aliphatic carbocycles. The van der Waals surface area contributed by atoms with E-state index in [-0.39, 0.29) is 54.7 Å². The molecule has 3 rings (SSSR count). The molecule has 0 radical (unpaired) electrons. The number of halogens is 3. The van der Waals surface area contributed by atoms with Crippen LogP contribution in [0.1, 0.15) is 69.2 Å². The number of amides is 4. The quantitative estimate of drug-likeness (QED) is 0.445. The standard InChI is InChI=1S/C27H39F3N4O5/c1-17-14-34(18(2)16-35)25(37)21-13-20(31-24(36)11-12-27(28,29)30)9-10-22(21)39-23(17)15-33(3)26(38)32-19-7-5-4-6-8-19/h9-10,13,17-19,23,35H,4-8,11-12,14-16H2,1-3H3,(H,31,36)(H,32,38)/t17-,18-,23-/m0/s1.